The summed E-state index contributed by atoms with van der Waals surface area (Å²) in [7, 11) is 0. The number of hydrogen-bond donors (Lipinski definition) is 3. The van der Waals surface area contributed by atoms with Crippen molar-refractivity contribution in [2.24, 2.45) is 5.92 Å². The highest BCUT2D eigenvalue weighted by Crippen LogP contribution is 2.22. The van der Waals surface area contributed by atoms with Crippen LogP contribution < -0.4 is 10.6 Å². The van der Waals surface area contributed by atoms with Crippen LogP contribution in [0.2, 0.25) is 5.02 Å². The first kappa shape index (κ1) is 19.0. The van der Waals surface area contributed by atoms with Gasteiger partial charge in [-0.25, -0.2) is 0 Å². The SMILES string of the molecule is CCCNC(=O)c1ccc(Cl)cc1NC(=O)c1cc(CC(C)C)[nH]n1. The van der Waals surface area contributed by atoms with Crippen LogP contribution in [0.15, 0.2) is 24.3 Å². The summed E-state index contributed by atoms with van der Waals surface area (Å²) in [4.78, 5) is 24.7. The van der Waals surface area contributed by atoms with Crippen LogP contribution in [0.3, 0.4) is 0 Å². The topological polar surface area (TPSA) is 86.9 Å². The molecule has 0 saturated heterocycles. The molecule has 0 bridgehead atoms. The summed E-state index contributed by atoms with van der Waals surface area (Å²) in [5.74, 6) is -0.187. The molecular formula is C18H23ClN4O2. The highest BCUT2D eigenvalue weighted by atomic mass is 35.5. The number of amides is 2. The van der Waals surface area contributed by atoms with Crippen LogP contribution in [0.25, 0.3) is 0 Å². The molecule has 2 rings (SSSR count). The maximum atomic E-state index is 12.4. The van der Waals surface area contributed by atoms with Gasteiger partial charge in [-0.15, -0.1) is 0 Å². The van der Waals surface area contributed by atoms with Crippen LogP contribution in [-0.4, -0.2) is 28.6 Å². The zero-order chi connectivity index (χ0) is 18.4. The number of carbonyl (C=O) groups excluding carboxylic acids is 2. The Morgan fingerprint density at radius 2 is 2.00 bits per heavy atom. The molecule has 0 radical (unpaired) electrons. The highest BCUT2D eigenvalue weighted by Gasteiger charge is 2.17. The number of nitrogens with zero attached hydrogens (tertiary/aromatic N) is 1. The van der Waals surface area contributed by atoms with Gasteiger partial charge in [0.2, 0.25) is 0 Å². The van der Waals surface area contributed by atoms with Crippen molar-refractivity contribution < 1.29 is 9.59 Å². The van der Waals surface area contributed by atoms with Gasteiger partial charge in [0.25, 0.3) is 11.8 Å². The molecule has 1 aromatic heterocycles. The lowest BCUT2D eigenvalue weighted by Crippen LogP contribution is -2.26. The van der Waals surface area contributed by atoms with Gasteiger partial charge in [-0.05, 0) is 43.0 Å². The molecule has 0 aliphatic heterocycles. The Morgan fingerprint density at radius 3 is 2.68 bits per heavy atom. The van der Waals surface area contributed by atoms with E-state index in [1.165, 1.54) is 0 Å². The molecule has 6 nitrogen and oxygen atoms in total. The average Bonchev–Trinajstić information content (AvgIpc) is 3.00. The number of hydrogen-bond acceptors (Lipinski definition) is 3. The third kappa shape index (κ3) is 5.32. The van der Waals surface area contributed by atoms with E-state index in [1.807, 2.05) is 6.92 Å². The van der Waals surface area contributed by atoms with Crippen LogP contribution in [0.4, 0.5) is 5.69 Å². The molecule has 0 fully saturated rings. The molecule has 0 spiro atoms. The van der Waals surface area contributed by atoms with Crippen LogP contribution in [0.1, 0.15) is 53.7 Å². The number of aromatic amines is 1. The van der Waals surface area contributed by atoms with E-state index in [4.69, 9.17) is 11.6 Å². The molecule has 134 valence electrons. The van der Waals surface area contributed by atoms with E-state index in [0.717, 1.165) is 18.5 Å². The smallest absolute Gasteiger partial charge is 0.276 e. The van der Waals surface area contributed by atoms with Gasteiger partial charge >= 0.3 is 0 Å². The lowest BCUT2D eigenvalue weighted by molar-refractivity contribution is 0.0954. The molecule has 0 unspecified atom stereocenters. The first-order valence-electron chi connectivity index (χ1n) is 8.34. The van der Waals surface area contributed by atoms with Gasteiger partial charge in [-0.2, -0.15) is 5.10 Å². The van der Waals surface area contributed by atoms with Crippen molar-refractivity contribution in [1.82, 2.24) is 15.5 Å². The van der Waals surface area contributed by atoms with Crippen molar-refractivity contribution in [2.45, 2.75) is 33.6 Å². The van der Waals surface area contributed by atoms with Crippen LogP contribution in [0.5, 0.6) is 0 Å². The molecule has 2 aromatic rings. The van der Waals surface area contributed by atoms with Gasteiger partial charge in [0.15, 0.2) is 5.69 Å². The number of anilines is 1. The van der Waals surface area contributed by atoms with Crippen molar-refractivity contribution in [3.63, 3.8) is 0 Å². The second-order valence-electron chi connectivity index (χ2n) is 6.28. The van der Waals surface area contributed by atoms with Crippen molar-refractivity contribution >= 4 is 29.1 Å². The third-order valence-corrected chi connectivity index (χ3v) is 3.74. The lowest BCUT2D eigenvalue weighted by Gasteiger charge is -2.11. The van der Waals surface area contributed by atoms with Crippen molar-refractivity contribution in [2.75, 3.05) is 11.9 Å². The van der Waals surface area contributed by atoms with Crippen LogP contribution >= 0.6 is 11.6 Å². The summed E-state index contributed by atoms with van der Waals surface area (Å²) in [5.41, 5.74) is 1.89. The number of nitrogens with one attached hydrogen (secondary N) is 3. The highest BCUT2D eigenvalue weighted by molar-refractivity contribution is 6.31. The van der Waals surface area contributed by atoms with Gasteiger partial charge in [-0.3, -0.25) is 14.7 Å². The van der Waals surface area contributed by atoms with Gasteiger partial charge in [-0.1, -0.05) is 32.4 Å². The van der Waals surface area contributed by atoms with E-state index in [1.54, 1.807) is 24.3 Å². The number of halogens is 1. The number of carbonyl (C=O) groups is 2. The summed E-state index contributed by atoms with van der Waals surface area (Å²) in [6.07, 6.45) is 1.63. The van der Waals surface area contributed by atoms with E-state index >= 15 is 0 Å². The van der Waals surface area contributed by atoms with Gasteiger partial charge in [0, 0.05) is 17.3 Å². The molecule has 1 heterocycles. The Bertz CT molecular complexity index is 755. The maximum absolute atomic E-state index is 12.4. The zero-order valence-electron chi connectivity index (χ0n) is 14.6. The van der Waals surface area contributed by atoms with Crippen molar-refractivity contribution in [1.29, 1.82) is 0 Å². The Kier molecular flexibility index (Phi) is 6.58. The predicted molar refractivity (Wildman–Crippen MR) is 99.2 cm³/mol. The van der Waals surface area contributed by atoms with Crippen molar-refractivity contribution in [3.8, 4) is 0 Å². The molecule has 0 aliphatic rings. The molecule has 3 N–H and O–H groups in total. The van der Waals surface area contributed by atoms with E-state index < -0.39 is 5.91 Å². The number of aromatic nitrogens is 2. The average molecular weight is 363 g/mol. The number of H-pyrrole nitrogens is 1. The minimum Gasteiger partial charge on any atom is -0.352 e. The first-order valence-corrected chi connectivity index (χ1v) is 8.71. The molecule has 0 aliphatic carbocycles. The minimum atomic E-state index is -0.391. The first-order chi connectivity index (χ1) is 11.9. The van der Waals surface area contributed by atoms with Gasteiger partial charge in [0.1, 0.15) is 0 Å². The molecule has 7 heteroatoms. The van der Waals surface area contributed by atoms with E-state index in [-0.39, 0.29) is 11.6 Å². The Labute approximate surface area is 152 Å². The van der Waals surface area contributed by atoms with E-state index in [9.17, 15) is 9.59 Å². The van der Waals surface area contributed by atoms with E-state index in [0.29, 0.717) is 28.7 Å². The summed E-state index contributed by atoms with van der Waals surface area (Å²) in [5, 5.41) is 12.9. The fourth-order valence-corrected chi connectivity index (χ4v) is 2.53. The zero-order valence-corrected chi connectivity index (χ0v) is 15.4. The molecule has 0 atom stereocenters. The van der Waals surface area contributed by atoms with Crippen LogP contribution in [-0.2, 0) is 6.42 Å². The molecule has 2 amide bonds. The molecule has 0 saturated carbocycles. The van der Waals surface area contributed by atoms with Crippen LogP contribution in [0, 0.1) is 5.92 Å². The number of benzene rings is 1. The van der Waals surface area contributed by atoms with E-state index in [2.05, 4.69) is 34.7 Å². The summed E-state index contributed by atoms with van der Waals surface area (Å²) in [6.45, 7) is 6.71. The Hall–Kier alpha value is -2.34. The monoisotopic (exact) mass is 362 g/mol. The number of rotatable bonds is 7. The Balaban J connectivity index is 2.18. The fraction of sp³-hybridized carbons (Fsp3) is 0.389. The minimum absolute atomic E-state index is 0.253. The van der Waals surface area contributed by atoms with Gasteiger partial charge in [0.05, 0.1) is 11.3 Å². The second-order valence-corrected chi connectivity index (χ2v) is 6.71. The summed E-state index contributed by atoms with van der Waals surface area (Å²) < 4.78 is 0. The third-order valence-electron chi connectivity index (χ3n) is 3.50. The standard InChI is InChI=1S/C18H23ClN4O2/c1-4-7-20-17(24)14-6-5-12(19)9-15(14)21-18(25)16-10-13(22-23-16)8-11(2)3/h5-6,9-11H,4,7-8H2,1-3H3,(H,20,24)(H,21,25)(H,22,23). The quantitative estimate of drug-likeness (QED) is 0.702. The summed E-state index contributed by atoms with van der Waals surface area (Å²) >= 11 is 6.01. The molecule has 25 heavy (non-hydrogen) atoms. The predicted octanol–water partition coefficient (Wildman–Crippen LogP) is 3.65. The van der Waals surface area contributed by atoms with Gasteiger partial charge < -0.3 is 10.6 Å². The largest absolute Gasteiger partial charge is 0.352 e. The summed E-state index contributed by atoms with van der Waals surface area (Å²) in [6, 6.07) is 6.49. The maximum Gasteiger partial charge on any atom is 0.276 e. The molecule has 1 aromatic carbocycles. The fourth-order valence-electron chi connectivity index (χ4n) is 2.36. The second kappa shape index (κ2) is 8.67. The van der Waals surface area contributed by atoms with Crippen molar-refractivity contribution in [3.05, 3.63) is 46.2 Å². The molecular weight excluding hydrogens is 340 g/mol. The normalized spacial score (nSPS) is 10.8. The Morgan fingerprint density at radius 1 is 1.24 bits per heavy atom. The lowest BCUT2D eigenvalue weighted by atomic mass is 10.1.